The third kappa shape index (κ3) is 5.50. The molecule has 2 unspecified atom stereocenters. The van der Waals surface area contributed by atoms with E-state index in [9.17, 15) is 5.11 Å². The number of phenols is 1. The molecule has 0 amide bonds. The molecule has 0 heterocycles. The van der Waals surface area contributed by atoms with Gasteiger partial charge in [0.05, 0.1) is 6.54 Å². The Morgan fingerprint density at radius 3 is 2.42 bits per heavy atom. The van der Waals surface area contributed by atoms with E-state index < -0.39 is 0 Å². The summed E-state index contributed by atoms with van der Waals surface area (Å²) in [6, 6.07) is 4.40. The number of alkyl halides is 1. The molecule has 0 spiro atoms. The molecule has 6 rings (SSSR count). The maximum Gasteiger partial charge on any atom is 0.128 e. The van der Waals surface area contributed by atoms with Crippen LogP contribution in [0.1, 0.15) is 68.1 Å². The third-order valence-electron chi connectivity index (χ3n) is 8.67. The van der Waals surface area contributed by atoms with E-state index >= 15 is 0 Å². The van der Waals surface area contributed by atoms with Crippen molar-refractivity contribution in [3.63, 3.8) is 0 Å². The summed E-state index contributed by atoms with van der Waals surface area (Å²) in [5, 5.41) is 11.3. The smallest absolute Gasteiger partial charge is 0.128 e. The van der Waals surface area contributed by atoms with Gasteiger partial charge in [0, 0.05) is 34.4 Å². The summed E-state index contributed by atoms with van der Waals surface area (Å²) in [6.07, 6.45) is 15.1. The minimum atomic E-state index is 0.217. The number of nitrogens with zero attached hydrogens (tertiary/aromatic N) is 2. The molecule has 5 aliphatic rings. The highest BCUT2D eigenvalue weighted by Crippen LogP contribution is 2.62. The fourth-order valence-corrected chi connectivity index (χ4v) is 10.8. The maximum atomic E-state index is 11.3. The Morgan fingerprint density at radius 1 is 1.12 bits per heavy atom. The molecule has 4 bridgehead atoms. The summed E-state index contributed by atoms with van der Waals surface area (Å²) in [5.74, 6) is 3.82. The monoisotopic (exact) mass is 672 g/mol. The number of likely N-dealkylation sites (N-methyl/N-ethyl adjacent to an activating group) is 1. The van der Waals surface area contributed by atoms with Crippen LogP contribution in [0.15, 0.2) is 26.8 Å². The van der Waals surface area contributed by atoms with E-state index in [0.717, 1.165) is 46.9 Å². The molecule has 3 nitrogen and oxygen atoms in total. The average Bonchev–Trinajstić information content (AvgIpc) is 2.71. The molecule has 2 atom stereocenters. The molecule has 4 fully saturated rings. The van der Waals surface area contributed by atoms with E-state index in [2.05, 4.69) is 82.3 Å². The number of rotatable bonds is 7. The quantitative estimate of drug-likeness (QED) is 0.192. The molecular weight excluding hydrogens is 634 g/mol. The van der Waals surface area contributed by atoms with Gasteiger partial charge in [0.25, 0.3) is 0 Å². The summed E-state index contributed by atoms with van der Waals surface area (Å²) in [7, 11) is 2.21. The number of hydrogen-bond acceptors (Lipinski definition) is 3. The number of aromatic hydroxyl groups is 1. The van der Waals surface area contributed by atoms with Gasteiger partial charge in [0.2, 0.25) is 0 Å². The lowest BCUT2D eigenvalue weighted by molar-refractivity contribution is -0.00616. The highest BCUT2D eigenvalue weighted by atomic mass is 127. The molecule has 180 valence electrons. The van der Waals surface area contributed by atoms with Crippen LogP contribution in [0.4, 0.5) is 0 Å². The van der Waals surface area contributed by atoms with Gasteiger partial charge < -0.3 is 10.0 Å². The second kappa shape index (κ2) is 10.1. The van der Waals surface area contributed by atoms with Crippen molar-refractivity contribution in [2.45, 2.75) is 67.6 Å². The van der Waals surface area contributed by atoms with E-state index in [0.29, 0.717) is 11.7 Å². The van der Waals surface area contributed by atoms with Gasteiger partial charge in [-0.05, 0) is 132 Å². The van der Waals surface area contributed by atoms with Crippen LogP contribution in [-0.2, 0) is 5.41 Å². The van der Waals surface area contributed by atoms with Crippen molar-refractivity contribution in [2.75, 3.05) is 26.7 Å². The lowest BCUT2D eigenvalue weighted by Gasteiger charge is -2.57. The van der Waals surface area contributed by atoms with Gasteiger partial charge in [-0.15, -0.1) is 0 Å². The van der Waals surface area contributed by atoms with Crippen LogP contribution in [0.25, 0.3) is 0 Å². The normalized spacial score (nSPS) is 35.5. The third-order valence-corrected chi connectivity index (χ3v) is 10.4. The lowest BCUT2D eigenvalue weighted by Crippen LogP contribution is -2.48. The van der Waals surface area contributed by atoms with Crippen molar-refractivity contribution >= 4 is 51.4 Å². The first-order chi connectivity index (χ1) is 15.8. The number of allylic oxidation sites excluding steroid dienone is 1. The van der Waals surface area contributed by atoms with Gasteiger partial charge in [0.15, 0.2) is 0 Å². The van der Waals surface area contributed by atoms with E-state index in [1.54, 1.807) is 0 Å². The molecule has 33 heavy (non-hydrogen) atoms. The SMILES string of the molecule is Cc1cc(C=NCCN(C)CC2C=C(I)CC(I)C2)c(O)c(C23CC4CC(CC(C4)C2)C3)c1. The first-order valence-electron chi connectivity index (χ1n) is 12.8. The Labute approximate surface area is 227 Å². The second-order valence-corrected chi connectivity index (χ2v) is 14.8. The zero-order valence-corrected chi connectivity index (χ0v) is 24.4. The van der Waals surface area contributed by atoms with Gasteiger partial charge >= 0.3 is 0 Å². The predicted molar refractivity (Wildman–Crippen MR) is 155 cm³/mol. The van der Waals surface area contributed by atoms with E-state index in [4.69, 9.17) is 4.99 Å². The highest BCUT2D eigenvalue weighted by Gasteiger charge is 2.52. The summed E-state index contributed by atoms with van der Waals surface area (Å²) in [6.45, 7) is 5.01. The van der Waals surface area contributed by atoms with Crippen molar-refractivity contribution in [2.24, 2.45) is 28.7 Å². The Balaban J connectivity index is 1.23. The number of phenolic OH excluding ortho intramolecular Hbond substituents is 1. The molecule has 4 saturated carbocycles. The molecule has 0 saturated heterocycles. The number of aryl methyl sites for hydroxylation is 1. The van der Waals surface area contributed by atoms with Crippen molar-refractivity contribution in [1.29, 1.82) is 0 Å². The number of halogens is 2. The summed E-state index contributed by atoms with van der Waals surface area (Å²) in [4.78, 5) is 7.16. The minimum Gasteiger partial charge on any atom is -0.507 e. The van der Waals surface area contributed by atoms with E-state index in [-0.39, 0.29) is 5.41 Å². The van der Waals surface area contributed by atoms with Gasteiger partial charge in [-0.25, -0.2) is 0 Å². The van der Waals surface area contributed by atoms with Crippen LogP contribution in [0.2, 0.25) is 0 Å². The molecule has 0 aromatic heterocycles. The van der Waals surface area contributed by atoms with Crippen LogP contribution in [0.5, 0.6) is 5.75 Å². The van der Waals surface area contributed by atoms with Gasteiger partial charge in [-0.3, -0.25) is 4.99 Å². The molecule has 1 aromatic carbocycles. The fourth-order valence-electron chi connectivity index (χ4n) is 7.78. The Kier molecular flexibility index (Phi) is 7.49. The molecule has 1 N–H and O–H groups in total. The molecule has 0 radical (unpaired) electrons. The molecule has 5 aliphatic carbocycles. The Morgan fingerprint density at radius 2 is 1.79 bits per heavy atom. The number of aliphatic imine (C=N–C) groups is 1. The molecule has 1 aromatic rings. The standard InChI is InChI=1S/C28H38I2N2O/c1-18-5-23(16-31-3-4-32(2)17-22-10-24(29)12-25(30)11-22)27(33)26(6-18)28-13-19-7-20(14-28)9-21(8-19)15-28/h5-6,10,16,19-22,25,33H,3-4,7-9,11-15,17H2,1-2H3. The first-order valence-corrected chi connectivity index (χ1v) is 15.1. The van der Waals surface area contributed by atoms with Crippen molar-refractivity contribution in [3.05, 3.63) is 38.5 Å². The summed E-state index contributed by atoms with van der Waals surface area (Å²) >= 11 is 5.10. The zero-order valence-electron chi connectivity index (χ0n) is 20.1. The minimum absolute atomic E-state index is 0.217. The zero-order chi connectivity index (χ0) is 23.2. The van der Waals surface area contributed by atoms with Crippen molar-refractivity contribution in [3.8, 4) is 5.75 Å². The summed E-state index contributed by atoms with van der Waals surface area (Å²) < 4.78 is 2.28. The van der Waals surface area contributed by atoms with Crippen LogP contribution in [-0.4, -0.2) is 46.8 Å². The predicted octanol–water partition coefficient (Wildman–Crippen LogP) is 7.05. The van der Waals surface area contributed by atoms with Gasteiger partial charge in [-0.2, -0.15) is 0 Å². The van der Waals surface area contributed by atoms with Gasteiger partial charge in [0.1, 0.15) is 5.75 Å². The van der Waals surface area contributed by atoms with Crippen LogP contribution >= 0.6 is 45.2 Å². The Hall–Kier alpha value is -0.150. The lowest BCUT2D eigenvalue weighted by atomic mass is 9.48. The largest absolute Gasteiger partial charge is 0.507 e. The topological polar surface area (TPSA) is 35.8 Å². The average molecular weight is 672 g/mol. The van der Waals surface area contributed by atoms with Crippen LogP contribution < -0.4 is 0 Å². The van der Waals surface area contributed by atoms with Crippen LogP contribution in [0, 0.1) is 30.6 Å². The molecular formula is C28H38I2N2O. The van der Waals surface area contributed by atoms with Gasteiger partial charge in [-0.1, -0.05) is 34.7 Å². The highest BCUT2D eigenvalue weighted by molar-refractivity contribution is 14.1. The van der Waals surface area contributed by atoms with Crippen molar-refractivity contribution in [1.82, 2.24) is 4.90 Å². The van der Waals surface area contributed by atoms with E-state index in [1.807, 2.05) is 6.21 Å². The van der Waals surface area contributed by atoms with E-state index in [1.165, 1.54) is 66.1 Å². The second-order valence-electron chi connectivity index (χ2n) is 11.7. The maximum absolute atomic E-state index is 11.3. The van der Waals surface area contributed by atoms with Crippen molar-refractivity contribution < 1.29 is 5.11 Å². The van der Waals surface area contributed by atoms with Crippen LogP contribution in [0.3, 0.4) is 0 Å². The number of benzene rings is 1. The molecule has 0 aliphatic heterocycles. The fraction of sp³-hybridized carbons (Fsp3) is 0.679. The first kappa shape index (κ1) is 24.5. The Bertz CT molecular complexity index is 905. The number of hydrogen-bond donors (Lipinski definition) is 1. The molecule has 5 heteroatoms. The summed E-state index contributed by atoms with van der Waals surface area (Å²) in [5.41, 5.74) is 3.62.